The Morgan fingerprint density at radius 3 is 2.64 bits per heavy atom. The Bertz CT molecular complexity index is 854. The van der Waals surface area contributed by atoms with Crippen LogP contribution in [0.1, 0.15) is 28.4 Å². The molecule has 25 heavy (non-hydrogen) atoms. The summed E-state index contributed by atoms with van der Waals surface area (Å²) in [5.41, 5.74) is 3.46. The molecule has 1 N–H and O–H groups in total. The first-order chi connectivity index (χ1) is 12.1. The van der Waals surface area contributed by atoms with E-state index < -0.39 is 6.10 Å². The summed E-state index contributed by atoms with van der Waals surface area (Å²) in [6.07, 6.45) is 2.32. The van der Waals surface area contributed by atoms with Crippen LogP contribution in [-0.2, 0) is 12.8 Å². The van der Waals surface area contributed by atoms with Crippen LogP contribution >= 0.6 is 0 Å². The predicted octanol–water partition coefficient (Wildman–Crippen LogP) is 3.67. The number of carbonyl (C=O) groups is 1. The Hall–Kier alpha value is -2.59. The molecule has 0 saturated carbocycles. The predicted molar refractivity (Wildman–Crippen MR) is 98.7 cm³/mol. The fourth-order valence-electron chi connectivity index (χ4n) is 3.02. The molecule has 4 nitrogen and oxygen atoms in total. The number of fused-ring (bicyclic) bond motifs is 1. The van der Waals surface area contributed by atoms with Gasteiger partial charge < -0.3 is 14.4 Å². The topological polar surface area (TPSA) is 53.7 Å². The molecule has 1 unspecified atom stereocenters. The highest BCUT2D eigenvalue weighted by molar-refractivity contribution is 6.06. The van der Waals surface area contributed by atoms with E-state index in [0.29, 0.717) is 17.6 Å². The number of furan rings is 1. The number of aryl methyl sites for hydroxylation is 1. The average molecular weight is 337 g/mol. The van der Waals surface area contributed by atoms with E-state index in [1.165, 1.54) is 6.26 Å². The number of hydrogen-bond acceptors (Lipinski definition) is 3. The number of benzene rings is 2. The van der Waals surface area contributed by atoms with Crippen molar-refractivity contribution in [3.63, 3.8) is 0 Å². The standard InChI is InChI=1S/C21H23NO3/c1-3-15-9-10-20-18(12-15)19(14-25-20)21(24)22(2)13-17(23)11-16-7-5-4-6-8-16/h4-10,12,14,17,23H,3,11,13H2,1-2H3. The third-order valence-corrected chi connectivity index (χ3v) is 4.42. The van der Waals surface area contributed by atoms with E-state index in [0.717, 1.165) is 22.9 Å². The van der Waals surface area contributed by atoms with Gasteiger partial charge in [-0.15, -0.1) is 0 Å². The maximum absolute atomic E-state index is 12.8. The Balaban J connectivity index is 1.72. The third-order valence-electron chi connectivity index (χ3n) is 4.42. The van der Waals surface area contributed by atoms with Crippen molar-refractivity contribution in [3.05, 3.63) is 71.5 Å². The quantitative estimate of drug-likeness (QED) is 0.747. The van der Waals surface area contributed by atoms with Crippen LogP contribution < -0.4 is 0 Å². The number of rotatable bonds is 6. The molecule has 130 valence electrons. The van der Waals surface area contributed by atoms with E-state index in [2.05, 4.69) is 6.92 Å². The minimum Gasteiger partial charge on any atom is -0.463 e. The smallest absolute Gasteiger partial charge is 0.257 e. The average Bonchev–Trinajstić information content (AvgIpc) is 3.04. The van der Waals surface area contributed by atoms with E-state index in [-0.39, 0.29) is 12.5 Å². The van der Waals surface area contributed by atoms with E-state index >= 15 is 0 Å². The molecule has 1 amide bonds. The summed E-state index contributed by atoms with van der Waals surface area (Å²) in [5, 5.41) is 11.1. The van der Waals surface area contributed by atoms with Gasteiger partial charge in [0.1, 0.15) is 11.8 Å². The fraction of sp³-hybridized carbons (Fsp3) is 0.286. The maximum Gasteiger partial charge on any atom is 0.257 e. The van der Waals surface area contributed by atoms with Gasteiger partial charge in [0.25, 0.3) is 5.91 Å². The van der Waals surface area contributed by atoms with Crippen molar-refractivity contribution in [1.29, 1.82) is 0 Å². The second-order valence-electron chi connectivity index (χ2n) is 6.36. The summed E-state index contributed by atoms with van der Waals surface area (Å²) in [6.45, 7) is 2.35. The molecule has 4 heteroatoms. The molecular weight excluding hydrogens is 314 g/mol. The lowest BCUT2D eigenvalue weighted by Crippen LogP contribution is -2.35. The third kappa shape index (κ3) is 3.91. The molecule has 0 aliphatic carbocycles. The molecule has 0 fully saturated rings. The minimum atomic E-state index is -0.610. The summed E-state index contributed by atoms with van der Waals surface area (Å²) < 4.78 is 5.51. The molecule has 0 bridgehead atoms. The normalized spacial score (nSPS) is 12.3. The van der Waals surface area contributed by atoms with Crippen LogP contribution in [0.15, 0.2) is 59.2 Å². The van der Waals surface area contributed by atoms with Gasteiger partial charge in [0.2, 0.25) is 0 Å². The van der Waals surface area contributed by atoms with Gasteiger partial charge in [-0.05, 0) is 29.7 Å². The number of nitrogens with zero attached hydrogens (tertiary/aromatic N) is 1. The van der Waals surface area contributed by atoms with Gasteiger partial charge in [0.15, 0.2) is 0 Å². The fourth-order valence-corrected chi connectivity index (χ4v) is 3.02. The Kier molecular flexibility index (Phi) is 5.19. The van der Waals surface area contributed by atoms with Gasteiger partial charge in [-0.2, -0.15) is 0 Å². The first-order valence-electron chi connectivity index (χ1n) is 8.56. The highest BCUT2D eigenvalue weighted by Crippen LogP contribution is 2.24. The second-order valence-corrected chi connectivity index (χ2v) is 6.36. The zero-order valence-corrected chi connectivity index (χ0v) is 14.6. The number of aliphatic hydroxyl groups is 1. The molecule has 1 aromatic heterocycles. The van der Waals surface area contributed by atoms with E-state index in [1.807, 2.05) is 48.5 Å². The molecule has 0 radical (unpaired) electrons. The maximum atomic E-state index is 12.8. The van der Waals surface area contributed by atoms with Crippen molar-refractivity contribution >= 4 is 16.9 Å². The highest BCUT2D eigenvalue weighted by Gasteiger charge is 2.20. The van der Waals surface area contributed by atoms with Crippen LogP contribution in [0.2, 0.25) is 0 Å². The molecule has 0 aliphatic heterocycles. The van der Waals surface area contributed by atoms with E-state index in [9.17, 15) is 9.90 Å². The molecule has 1 heterocycles. The van der Waals surface area contributed by atoms with Crippen molar-refractivity contribution in [1.82, 2.24) is 4.90 Å². The second kappa shape index (κ2) is 7.53. The van der Waals surface area contributed by atoms with Crippen molar-refractivity contribution in [3.8, 4) is 0 Å². The van der Waals surface area contributed by atoms with Crippen LogP contribution in [0.5, 0.6) is 0 Å². The molecule has 0 aliphatic rings. The van der Waals surface area contributed by atoms with Crippen LogP contribution in [0, 0.1) is 0 Å². The number of aliphatic hydroxyl groups excluding tert-OH is 1. The number of likely N-dealkylation sites (N-methyl/N-ethyl adjacent to an activating group) is 1. The molecule has 0 saturated heterocycles. The summed E-state index contributed by atoms with van der Waals surface area (Å²) in [4.78, 5) is 14.3. The molecular formula is C21H23NO3. The van der Waals surface area contributed by atoms with Crippen molar-refractivity contribution in [2.24, 2.45) is 0 Å². The monoisotopic (exact) mass is 337 g/mol. The van der Waals surface area contributed by atoms with Crippen LogP contribution in [0.4, 0.5) is 0 Å². The minimum absolute atomic E-state index is 0.140. The zero-order chi connectivity index (χ0) is 17.8. The summed E-state index contributed by atoms with van der Waals surface area (Å²) in [5.74, 6) is -0.140. The largest absolute Gasteiger partial charge is 0.463 e. The summed E-state index contributed by atoms with van der Waals surface area (Å²) >= 11 is 0. The molecule has 3 rings (SSSR count). The first-order valence-corrected chi connectivity index (χ1v) is 8.56. The Morgan fingerprint density at radius 1 is 1.16 bits per heavy atom. The Labute approximate surface area is 147 Å². The molecule has 3 aromatic rings. The zero-order valence-electron chi connectivity index (χ0n) is 14.6. The lowest BCUT2D eigenvalue weighted by Gasteiger charge is -2.20. The van der Waals surface area contributed by atoms with E-state index in [1.54, 1.807) is 11.9 Å². The highest BCUT2D eigenvalue weighted by atomic mass is 16.3. The van der Waals surface area contributed by atoms with Crippen LogP contribution in [0.3, 0.4) is 0 Å². The van der Waals surface area contributed by atoms with Gasteiger partial charge >= 0.3 is 0 Å². The van der Waals surface area contributed by atoms with Gasteiger partial charge in [0, 0.05) is 25.4 Å². The van der Waals surface area contributed by atoms with Crippen molar-refractivity contribution in [2.45, 2.75) is 25.9 Å². The lowest BCUT2D eigenvalue weighted by molar-refractivity contribution is 0.0682. The van der Waals surface area contributed by atoms with Gasteiger partial charge in [0.05, 0.1) is 11.7 Å². The SMILES string of the molecule is CCc1ccc2occ(C(=O)N(C)CC(O)Cc3ccccc3)c2c1. The van der Waals surface area contributed by atoms with E-state index in [4.69, 9.17) is 4.42 Å². The van der Waals surface area contributed by atoms with Gasteiger partial charge in [-0.3, -0.25) is 4.79 Å². The van der Waals surface area contributed by atoms with Crippen LogP contribution in [-0.4, -0.2) is 35.6 Å². The summed E-state index contributed by atoms with van der Waals surface area (Å²) in [7, 11) is 1.71. The molecule has 2 aromatic carbocycles. The Morgan fingerprint density at radius 2 is 1.92 bits per heavy atom. The van der Waals surface area contributed by atoms with Crippen molar-refractivity contribution in [2.75, 3.05) is 13.6 Å². The molecule has 1 atom stereocenters. The number of amides is 1. The van der Waals surface area contributed by atoms with Gasteiger partial charge in [-0.1, -0.05) is 43.3 Å². The first kappa shape index (κ1) is 17.2. The molecule has 0 spiro atoms. The van der Waals surface area contributed by atoms with Crippen LogP contribution in [0.25, 0.3) is 11.0 Å². The van der Waals surface area contributed by atoms with Gasteiger partial charge in [-0.25, -0.2) is 0 Å². The lowest BCUT2D eigenvalue weighted by atomic mass is 10.1. The summed E-state index contributed by atoms with van der Waals surface area (Å²) in [6, 6.07) is 15.7. The number of carbonyl (C=O) groups excluding carboxylic acids is 1. The van der Waals surface area contributed by atoms with Crippen molar-refractivity contribution < 1.29 is 14.3 Å². The number of hydrogen-bond donors (Lipinski definition) is 1.